The zero-order valence-corrected chi connectivity index (χ0v) is 9.61. The van der Waals surface area contributed by atoms with E-state index in [1.54, 1.807) is 12.0 Å². The molecule has 78 valence electrons. The van der Waals surface area contributed by atoms with Gasteiger partial charge in [0.15, 0.2) is 0 Å². The van der Waals surface area contributed by atoms with E-state index in [-0.39, 0.29) is 5.57 Å². The zero-order chi connectivity index (χ0) is 11.6. The molecule has 1 aromatic rings. The van der Waals surface area contributed by atoms with Crippen LogP contribution in [-0.4, -0.2) is 11.2 Å². The Morgan fingerprint density at radius 2 is 1.67 bits per heavy atom. The minimum Gasteiger partial charge on any atom is -0.275 e. The Morgan fingerprint density at radius 1 is 1.13 bits per heavy atom. The SMILES string of the molecule is Cc1cc(C)c(C(=C=O)C(=O)Cl)cc1C. The lowest BCUT2D eigenvalue weighted by Gasteiger charge is -2.08. The molecule has 0 saturated carbocycles. The number of hydrogen-bond donors (Lipinski definition) is 0. The van der Waals surface area contributed by atoms with Crippen LogP contribution in [0.5, 0.6) is 0 Å². The van der Waals surface area contributed by atoms with Crippen molar-refractivity contribution < 1.29 is 9.59 Å². The summed E-state index contributed by atoms with van der Waals surface area (Å²) in [5.74, 6) is 1.59. The largest absolute Gasteiger partial charge is 0.275 e. The fourth-order valence-corrected chi connectivity index (χ4v) is 1.57. The molecule has 3 heteroatoms. The van der Waals surface area contributed by atoms with Crippen LogP contribution in [-0.2, 0) is 9.59 Å². The second kappa shape index (κ2) is 4.43. The predicted molar refractivity (Wildman–Crippen MR) is 60.6 cm³/mol. The van der Waals surface area contributed by atoms with Crippen LogP contribution in [0.4, 0.5) is 0 Å². The van der Waals surface area contributed by atoms with E-state index in [9.17, 15) is 9.59 Å². The standard InChI is InChI=1S/C12H11ClO2/c1-7-4-9(3)10(5-8(7)2)11(6-14)12(13)15/h4-5H,1-3H3. The first-order valence-corrected chi connectivity index (χ1v) is 4.88. The Balaban J connectivity index is 3.44. The van der Waals surface area contributed by atoms with Crippen molar-refractivity contribution >= 4 is 28.4 Å². The molecule has 0 atom stereocenters. The summed E-state index contributed by atoms with van der Waals surface area (Å²) < 4.78 is 0. The van der Waals surface area contributed by atoms with Gasteiger partial charge in [0.2, 0.25) is 0 Å². The topological polar surface area (TPSA) is 34.1 Å². The van der Waals surface area contributed by atoms with Gasteiger partial charge in [0.1, 0.15) is 11.5 Å². The quantitative estimate of drug-likeness (QED) is 0.438. The van der Waals surface area contributed by atoms with Gasteiger partial charge in [0.25, 0.3) is 5.24 Å². The maximum Gasteiger partial charge on any atom is 0.264 e. The van der Waals surface area contributed by atoms with E-state index in [0.29, 0.717) is 5.56 Å². The average Bonchev–Trinajstić information content (AvgIpc) is 2.14. The Morgan fingerprint density at radius 3 is 2.13 bits per heavy atom. The number of halogens is 1. The summed E-state index contributed by atoms with van der Waals surface area (Å²) in [5, 5.41) is -0.767. The van der Waals surface area contributed by atoms with Crippen LogP contribution in [0.25, 0.3) is 5.57 Å². The normalized spacial score (nSPS) is 9.60. The summed E-state index contributed by atoms with van der Waals surface area (Å²) in [5.41, 5.74) is 3.45. The first-order valence-electron chi connectivity index (χ1n) is 4.50. The van der Waals surface area contributed by atoms with E-state index >= 15 is 0 Å². The molecule has 15 heavy (non-hydrogen) atoms. The molecule has 1 rings (SSSR count). The Labute approximate surface area is 93.6 Å². The van der Waals surface area contributed by atoms with Crippen LogP contribution in [0.1, 0.15) is 22.3 Å². The van der Waals surface area contributed by atoms with E-state index in [1.165, 1.54) is 0 Å². The second-order valence-corrected chi connectivity index (χ2v) is 3.85. The van der Waals surface area contributed by atoms with Crippen LogP contribution in [0.3, 0.4) is 0 Å². The second-order valence-electron chi connectivity index (χ2n) is 3.50. The van der Waals surface area contributed by atoms with Crippen molar-refractivity contribution in [3.05, 3.63) is 34.4 Å². The van der Waals surface area contributed by atoms with Crippen molar-refractivity contribution in [3.8, 4) is 0 Å². The van der Waals surface area contributed by atoms with Gasteiger partial charge in [0.05, 0.1) is 0 Å². The van der Waals surface area contributed by atoms with Gasteiger partial charge in [-0.1, -0.05) is 6.07 Å². The summed E-state index contributed by atoms with van der Waals surface area (Å²) in [6.45, 7) is 5.72. The van der Waals surface area contributed by atoms with Gasteiger partial charge in [-0.05, 0) is 55.1 Å². The molecule has 0 aliphatic rings. The maximum absolute atomic E-state index is 11.0. The van der Waals surface area contributed by atoms with E-state index in [2.05, 4.69) is 0 Å². The third kappa shape index (κ3) is 2.35. The Hall–Kier alpha value is -1.37. The number of carbonyl (C=O) groups is 1. The van der Waals surface area contributed by atoms with Gasteiger partial charge in [-0.25, -0.2) is 4.79 Å². The minimum absolute atomic E-state index is 0.0998. The highest BCUT2D eigenvalue weighted by Gasteiger charge is 2.14. The third-order valence-corrected chi connectivity index (χ3v) is 2.60. The number of carbonyl (C=O) groups excluding carboxylic acids is 2. The van der Waals surface area contributed by atoms with Gasteiger partial charge in [-0.3, -0.25) is 4.79 Å². The molecule has 0 fully saturated rings. The highest BCUT2D eigenvalue weighted by molar-refractivity contribution is 6.75. The molecule has 0 bridgehead atoms. The van der Waals surface area contributed by atoms with Crippen LogP contribution in [0.15, 0.2) is 12.1 Å². The molecular formula is C12H11ClO2. The van der Waals surface area contributed by atoms with Crippen molar-refractivity contribution in [1.29, 1.82) is 0 Å². The molecule has 0 amide bonds. The zero-order valence-electron chi connectivity index (χ0n) is 8.85. The first kappa shape index (κ1) is 11.7. The monoisotopic (exact) mass is 222 g/mol. The van der Waals surface area contributed by atoms with Crippen LogP contribution in [0, 0.1) is 20.8 Å². The van der Waals surface area contributed by atoms with E-state index in [4.69, 9.17) is 11.6 Å². The predicted octanol–water partition coefficient (Wildman–Crippen LogP) is 2.59. The highest BCUT2D eigenvalue weighted by Crippen LogP contribution is 2.22. The van der Waals surface area contributed by atoms with Gasteiger partial charge < -0.3 is 0 Å². The molecule has 1 aromatic carbocycles. The molecule has 0 radical (unpaired) electrons. The number of benzene rings is 1. The number of allylic oxidation sites excluding steroid dienone is 1. The van der Waals surface area contributed by atoms with Crippen LogP contribution in [0.2, 0.25) is 0 Å². The number of aryl methyl sites for hydroxylation is 3. The fraction of sp³-hybridized carbons (Fsp3) is 0.250. The van der Waals surface area contributed by atoms with Gasteiger partial charge in [-0.15, -0.1) is 0 Å². The van der Waals surface area contributed by atoms with Gasteiger partial charge in [-0.2, -0.15) is 0 Å². The maximum atomic E-state index is 11.0. The van der Waals surface area contributed by atoms with Crippen molar-refractivity contribution in [2.75, 3.05) is 0 Å². The molecule has 0 unspecified atom stereocenters. The molecule has 0 N–H and O–H groups in total. The fourth-order valence-electron chi connectivity index (χ4n) is 1.43. The van der Waals surface area contributed by atoms with Gasteiger partial charge in [0, 0.05) is 5.56 Å². The van der Waals surface area contributed by atoms with E-state index in [1.807, 2.05) is 26.8 Å². The summed E-state index contributed by atoms with van der Waals surface area (Å²) in [6, 6.07) is 3.70. The summed E-state index contributed by atoms with van der Waals surface area (Å²) in [6.07, 6.45) is 0. The summed E-state index contributed by atoms with van der Waals surface area (Å²) in [7, 11) is 0. The van der Waals surface area contributed by atoms with Crippen LogP contribution < -0.4 is 0 Å². The smallest absolute Gasteiger partial charge is 0.264 e. The van der Waals surface area contributed by atoms with E-state index < -0.39 is 5.24 Å². The molecule has 0 aromatic heterocycles. The highest BCUT2D eigenvalue weighted by atomic mass is 35.5. The van der Waals surface area contributed by atoms with Gasteiger partial charge >= 0.3 is 0 Å². The molecule has 2 nitrogen and oxygen atoms in total. The molecule has 0 saturated heterocycles. The third-order valence-electron chi connectivity index (χ3n) is 2.41. The van der Waals surface area contributed by atoms with E-state index in [0.717, 1.165) is 16.7 Å². The molecule has 0 aliphatic carbocycles. The number of hydrogen-bond acceptors (Lipinski definition) is 2. The molecule has 0 spiro atoms. The molecule has 0 heterocycles. The molecular weight excluding hydrogens is 212 g/mol. The lowest BCUT2D eigenvalue weighted by atomic mass is 9.97. The Bertz CT molecular complexity index is 469. The van der Waals surface area contributed by atoms with Crippen molar-refractivity contribution in [2.45, 2.75) is 20.8 Å². The van der Waals surface area contributed by atoms with Crippen LogP contribution >= 0.6 is 11.6 Å². The number of rotatable bonds is 2. The average molecular weight is 223 g/mol. The van der Waals surface area contributed by atoms with Crippen molar-refractivity contribution in [3.63, 3.8) is 0 Å². The first-order chi connectivity index (χ1) is 6.97. The van der Waals surface area contributed by atoms with Crippen molar-refractivity contribution in [2.24, 2.45) is 0 Å². The van der Waals surface area contributed by atoms with Crippen molar-refractivity contribution in [1.82, 2.24) is 0 Å². The summed E-state index contributed by atoms with van der Waals surface area (Å²) >= 11 is 5.30. The Kier molecular flexibility index (Phi) is 3.46. The molecule has 0 aliphatic heterocycles. The summed E-state index contributed by atoms with van der Waals surface area (Å²) in [4.78, 5) is 21.6. The lowest BCUT2D eigenvalue weighted by Crippen LogP contribution is -1.98. The lowest BCUT2D eigenvalue weighted by molar-refractivity contribution is -0.106. The minimum atomic E-state index is -0.767.